The molecule has 1 N–H and O–H groups in total. The molecule has 21 heavy (non-hydrogen) atoms. The summed E-state index contributed by atoms with van der Waals surface area (Å²) in [6, 6.07) is 10.7. The maximum atomic E-state index is 12.4. The molecule has 5 heteroatoms. The first-order valence-corrected chi connectivity index (χ1v) is 7.78. The van der Waals surface area contributed by atoms with Crippen LogP contribution >= 0.6 is 31.9 Å². The molecule has 0 bridgehead atoms. The first kappa shape index (κ1) is 14.4. The van der Waals surface area contributed by atoms with E-state index in [2.05, 4.69) is 31.9 Å². The van der Waals surface area contributed by atoms with E-state index >= 15 is 0 Å². The van der Waals surface area contributed by atoms with Gasteiger partial charge < -0.3 is 9.52 Å². The van der Waals surface area contributed by atoms with E-state index in [0.29, 0.717) is 25.7 Å². The van der Waals surface area contributed by atoms with Crippen molar-refractivity contribution < 1.29 is 9.52 Å². The fourth-order valence-corrected chi connectivity index (χ4v) is 3.49. The monoisotopic (exact) mass is 408 g/mol. The van der Waals surface area contributed by atoms with Crippen molar-refractivity contribution in [3.63, 3.8) is 0 Å². The van der Waals surface area contributed by atoms with Crippen molar-refractivity contribution in [2.75, 3.05) is 0 Å². The van der Waals surface area contributed by atoms with Gasteiger partial charge in [0.15, 0.2) is 5.43 Å². The predicted molar refractivity (Wildman–Crippen MR) is 89.7 cm³/mol. The maximum absolute atomic E-state index is 12.4. The molecule has 2 aromatic carbocycles. The van der Waals surface area contributed by atoms with Gasteiger partial charge in [0.2, 0.25) is 0 Å². The lowest BCUT2D eigenvalue weighted by Crippen LogP contribution is -2.02. The number of fused-ring (bicyclic) bond motifs is 1. The molecule has 0 saturated carbocycles. The third kappa shape index (κ3) is 2.40. The minimum Gasteiger partial charge on any atom is -0.506 e. The number of aryl methyl sites for hydroxylation is 1. The minimum atomic E-state index is -0.204. The Balaban J connectivity index is 2.38. The number of benzene rings is 2. The summed E-state index contributed by atoms with van der Waals surface area (Å²) in [6.45, 7) is 1.96. The molecule has 0 aliphatic carbocycles. The van der Waals surface area contributed by atoms with E-state index in [1.165, 1.54) is 6.07 Å². The van der Waals surface area contributed by atoms with Crippen molar-refractivity contribution in [2.24, 2.45) is 0 Å². The van der Waals surface area contributed by atoms with E-state index in [4.69, 9.17) is 4.42 Å². The van der Waals surface area contributed by atoms with Crippen LogP contribution in [0.3, 0.4) is 0 Å². The van der Waals surface area contributed by atoms with Gasteiger partial charge in [0, 0.05) is 11.6 Å². The standard InChI is InChI=1S/C16H10Br2O3/c1-8-4-2-3-5-9(8)12-7-11(19)14-13(21-12)6-10(17)16(20)15(14)18/h2-7,20H,1H3. The number of halogens is 2. The van der Waals surface area contributed by atoms with Crippen molar-refractivity contribution in [3.8, 4) is 17.1 Å². The second kappa shape index (κ2) is 5.31. The lowest BCUT2D eigenvalue weighted by molar-refractivity contribution is 0.469. The Bertz CT molecular complexity index is 913. The quantitative estimate of drug-likeness (QED) is 0.615. The Hall–Kier alpha value is -1.59. The average Bonchev–Trinajstić information content (AvgIpc) is 2.44. The van der Waals surface area contributed by atoms with Gasteiger partial charge in [-0.05, 0) is 50.4 Å². The normalized spacial score (nSPS) is 11.0. The van der Waals surface area contributed by atoms with Gasteiger partial charge in [0.05, 0.1) is 14.3 Å². The number of phenolic OH excluding ortho intramolecular Hbond substituents is 1. The van der Waals surface area contributed by atoms with E-state index in [-0.39, 0.29) is 11.2 Å². The number of phenols is 1. The molecule has 3 aromatic rings. The fraction of sp³-hybridized carbons (Fsp3) is 0.0625. The van der Waals surface area contributed by atoms with Gasteiger partial charge in [0.1, 0.15) is 17.1 Å². The molecule has 0 radical (unpaired) electrons. The molecule has 0 atom stereocenters. The highest BCUT2D eigenvalue weighted by Gasteiger charge is 2.15. The zero-order valence-electron chi connectivity index (χ0n) is 11.0. The van der Waals surface area contributed by atoms with Crippen LogP contribution < -0.4 is 5.43 Å². The maximum Gasteiger partial charge on any atom is 0.194 e. The first-order valence-electron chi connectivity index (χ1n) is 6.20. The molecule has 3 nitrogen and oxygen atoms in total. The summed E-state index contributed by atoms with van der Waals surface area (Å²) in [5.74, 6) is 0.494. The van der Waals surface area contributed by atoms with Gasteiger partial charge in [-0.15, -0.1) is 0 Å². The van der Waals surface area contributed by atoms with Gasteiger partial charge in [0.25, 0.3) is 0 Å². The summed E-state index contributed by atoms with van der Waals surface area (Å²) in [7, 11) is 0. The van der Waals surface area contributed by atoms with Crippen molar-refractivity contribution in [1.82, 2.24) is 0 Å². The molecule has 0 fully saturated rings. The molecule has 0 aliphatic heterocycles. The summed E-state index contributed by atoms with van der Waals surface area (Å²) < 4.78 is 6.65. The highest BCUT2D eigenvalue weighted by atomic mass is 79.9. The largest absolute Gasteiger partial charge is 0.506 e. The SMILES string of the molecule is Cc1ccccc1-c1cc(=O)c2c(Br)c(O)c(Br)cc2o1. The Morgan fingerprint density at radius 2 is 1.86 bits per heavy atom. The zero-order valence-corrected chi connectivity index (χ0v) is 14.2. The van der Waals surface area contributed by atoms with Crippen LogP contribution in [0.1, 0.15) is 5.56 Å². The first-order chi connectivity index (χ1) is 9.99. The number of rotatable bonds is 1. The van der Waals surface area contributed by atoms with Crippen LogP contribution in [0.5, 0.6) is 5.75 Å². The predicted octanol–water partition coefficient (Wildman–Crippen LogP) is 5.00. The highest BCUT2D eigenvalue weighted by Crippen LogP contribution is 2.38. The lowest BCUT2D eigenvalue weighted by atomic mass is 10.1. The van der Waals surface area contributed by atoms with Crippen LogP contribution in [0.15, 0.2) is 54.6 Å². The molecular weight excluding hydrogens is 400 g/mol. The average molecular weight is 410 g/mol. The highest BCUT2D eigenvalue weighted by molar-refractivity contribution is 9.11. The van der Waals surface area contributed by atoms with Crippen LogP contribution in [-0.4, -0.2) is 5.11 Å². The number of aromatic hydroxyl groups is 1. The summed E-state index contributed by atoms with van der Waals surface area (Å²) >= 11 is 6.48. The van der Waals surface area contributed by atoms with E-state index in [0.717, 1.165) is 11.1 Å². The lowest BCUT2D eigenvalue weighted by Gasteiger charge is -2.08. The van der Waals surface area contributed by atoms with E-state index in [9.17, 15) is 9.90 Å². The van der Waals surface area contributed by atoms with E-state index < -0.39 is 0 Å². The molecule has 3 rings (SSSR count). The third-order valence-corrected chi connectivity index (χ3v) is 4.67. The van der Waals surface area contributed by atoms with Crippen molar-refractivity contribution in [2.45, 2.75) is 6.92 Å². The molecule has 1 aromatic heterocycles. The Labute approximate surface area is 137 Å². The smallest absolute Gasteiger partial charge is 0.194 e. The fourth-order valence-electron chi connectivity index (χ4n) is 2.22. The summed E-state index contributed by atoms with van der Waals surface area (Å²) in [4.78, 5) is 12.4. The van der Waals surface area contributed by atoms with E-state index in [1.54, 1.807) is 6.07 Å². The van der Waals surface area contributed by atoms with Gasteiger partial charge in [-0.1, -0.05) is 24.3 Å². The van der Waals surface area contributed by atoms with Crippen molar-refractivity contribution in [1.29, 1.82) is 0 Å². The van der Waals surface area contributed by atoms with Gasteiger partial charge in [-0.2, -0.15) is 0 Å². The zero-order chi connectivity index (χ0) is 15.1. The van der Waals surface area contributed by atoms with Crippen LogP contribution in [-0.2, 0) is 0 Å². The second-order valence-corrected chi connectivity index (χ2v) is 6.33. The van der Waals surface area contributed by atoms with Crippen molar-refractivity contribution in [3.05, 3.63) is 61.1 Å². The van der Waals surface area contributed by atoms with Crippen LogP contribution in [0, 0.1) is 6.92 Å². The molecule has 0 spiro atoms. The molecular formula is C16H10Br2O3. The summed E-state index contributed by atoms with van der Waals surface area (Å²) in [5, 5.41) is 10.2. The Morgan fingerprint density at radius 1 is 1.14 bits per heavy atom. The molecule has 0 aliphatic rings. The summed E-state index contributed by atoms with van der Waals surface area (Å²) in [6.07, 6.45) is 0. The number of hydrogen-bond acceptors (Lipinski definition) is 3. The minimum absolute atomic E-state index is 0.0153. The number of hydrogen-bond donors (Lipinski definition) is 1. The molecule has 1 heterocycles. The van der Waals surface area contributed by atoms with Crippen LogP contribution in [0.2, 0.25) is 0 Å². The Kier molecular flexibility index (Phi) is 3.63. The van der Waals surface area contributed by atoms with Gasteiger partial charge >= 0.3 is 0 Å². The second-order valence-electron chi connectivity index (χ2n) is 4.68. The molecule has 0 saturated heterocycles. The van der Waals surface area contributed by atoms with Gasteiger partial charge in [-0.3, -0.25) is 4.79 Å². The van der Waals surface area contributed by atoms with Crippen LogP contribution in [0.25, 0.3) is 22.3 Å². The Morgan fingerprint density at radius 3 is 2.57 bits per heavy atom. The topological polar surface area (TPSA) is 50.4 Å². The van der Waals surface area contributed by atoms with E-state index in [1.807, 2.05) is 31.2 Å². The van der Waals surface area contributed by atoms with Crippen LogP contribution in [0.4, 0.5) is 0 Å². The molecule has 0 unspecified atom stereocenters. The third-order valence-electron chi connectivity index (χ3n) is 3.30. The van der Waals surface area contributed by atoms with Gasteiger partial charge in [-0.25, -0.2) is 0 Å². The summed E-state index contributed by atoms with van der Waals surface area (Å²) in [5.41, 5.74) is 2.11. The molecule has 0 amide bonds. The molecule has 106 valence electrons. The van der Waals surface area contributed by atoms with Crippen molar-refractivity contribution >= 4 is 42.8 Å².